The maximum atomic E-state index is 11.2. The third kappa shape index (κ3) is 7.99. The van der Waals surface area contributed by atoms with Gasteiger partial charge in [0.1, 0.15) is 5.75 Å². The number of primary amides is 1. The predicted molar refractivity (Wildman–Crippen MR) is 94.0 cm³/mol. The first-order valence-corrected chi connectivity index (χ1v) is 8.64. The van der Waals surface area contributed by atoms with Crippen molar-refractivity contribution in [3.8, 4) is 5.75 Å². The van der Waals surface area contributed by atoms with E-state index in [0.29, 0.717) is 17.9 Å². The minimum atomic E-state index is -1.05. The maximum absolute atomic E-state index is 11.2. The maximum Gasteiger partial charge on any atom is 0.311 e. The number of aliphatic carboxylic acids is 1. The van der Waals surface area contributed by atoms with Crippen molar-refractivity contribution in [1.82, 2.24) is 0 Å². The molecule has 0 bridgehead atoms. The van der Waals surface area contributed by atoms with E-state index in [1.54, 1.807) is 24.3 Å². The fourth-order valence-corrected chi connectivity index (χ4v) is 2.54. The lowest BCUT2D eigenvalue weighted by atomic mass is 9.95. The Labute approximate surface area is 144 Å². The average molecular weight is 335 g/mol. The van der Waals surface area contributed by atoms with Crippen LogP contribution in [0.4, 0.5) is 0 Å². The fourth-order valence-electron chi connectivity index (χ4n) is 2.54. The number of hydrogen-bond acceptors (Lipinski definition) is 3. The van der Waals surface area contributed by atoms with Crippen molar-refractivity contribution in [3.63, 3.8) is 0 Å². The number of hydrogen-bond donors (Lipinski definition) is 2. The van der Waals surface area contributed by atoms with Crippen molar-refractivity contribution < 1.29 is 19.4 Å². The smallest absolute Gasteiger partial charge is 0.311 e. The van der Waals surface area contributed by atoms with E-state index in [2.05, 4.69) is 13.8 Å². The van der Waals surface area contributed by atoms with Crippen molar-refractivity contribution in [2.24, 2.45) is 11.7 Å². The molecule has 1 aromatic carbocycles. The molecule has 24 heavy (non-hydrogen) atoms. The van der Waals surface area contributed by atoms with Crippen LogP contribution in [0.25, 0.3) is 0 Å². The molecule has 0 spiro atoms. The van der Waals surface area contributed by atoms with Crippen molar-refractivity contribution in [2.45, 2.75) is 58.3 Å². The average Bonchev–Trinajstić information content (AvgIpc) is 2.51. The number of ether oxygens (including phenoxy) is 1. The van der Waals surface area contributed by atoms with Crippen LogP contribution >= 0.6 is 0 Å². The van der Waals surface area contributed by atoms with Crippen LogP contribution in [0.15, 0.2) is 24.3 Å². The summed E-state index contributed by atoms with van der Waals surface area (Å²) in [6, 6.07) is 6.84. The van der Waals surface area contributed by atoms with Gasteiger partial charge in [0.05, 0.1) is 12.5 Å². The third-order valence-corrected chi connectivity index (χ3v) is 3.93. The van der Waals surface area contributed by atoms with Gasteiger partial charge in [-0.3, -0.25) is 9.59 Å². The summed E-state index contributed by atoms with van der Waals surface area (Å²) in [5, 5.41) is 9.18. The second-order valence-electron chi connectivity index (χ2n) is 6.58. The Kier molecular flexibility index (Phi) is 8.90. The van der Waals surface area contributed by atoms with Crippen LogP contribution in [-0.4, -0.2) is 23.6 Å². The second kappa shape index (κ2) is 10.7. The van der Waals surface area contributed by atoms with Gasteiger partial charge in [-0.15, -0.1) is 0 Å². The largest absolute Gasteiger partial charge is 0.494 e. The van der Waals surface area contributed by atoms with E-state index in [9.17, 15) is 14.7 Å². The number of rotatable bonds is 12. The van der Waals surface area contributed by atoms with Crippen LogP contribution in [0.2, 0.25) is 0 Å². The first-order valence-electron chi connectivity index (χ1n) is 8.64. The summed E-state index contributed by atoms with van der Waals surface area (Å²) >= 11 is 0. The summed E-state index contributed by atoms with van der Waals surface area (Å²) < 4.78 is 5.67. The van der Waals surface area contributed by atoms with E-state index in [4.69, 9.17) is 10.5 Å². The zero-order valence-electron chi connectivity index (χ0n) is 14.7. The molecule has 0 unspecified atom stereocenters. The highest BCUT2D eigenvalue weighted by atomic mass is 16.5. The van der Waals surface area contributed by atoms with Crippen molar-refractivity contribution >= 4 is 11.9 Å². The van der Waals surface area contributed by atoms with Crippen LogP contribution in [-0.2, 0) is 9.59 Å². The minimum absolute atomic E-state index is 0.202. The molecule has 0 aliphatic rings. The summed E-state index contributed by atoms with van der Waals surface area (Å²) in [4.78, 5) is 22.2. The van der Waals surface area contributed by atoms with Crippen molar-refractivity contribution in [1.29, 1.82) is 0 Å². The monoisotopic (exact) mass is 335 g/mol. The van der Waals surface area contributed by atoms with Gasteiger partial charge in [0.25, 0.3) is 0 Å². The number of unbranched alkanes of at least 4 members (excludes halogenated alkanes) is 3. The number of carboxylic acid groups (broad SMARTS) is 1. The van der Waals surface area contributed by atoms with Gasteiger partial charge in [-0.1, -0.05) is 51.7 Å². The Morgan fingerprint density at radius 1 is 1.08 bits per heavy atom. The summed E-state index contributed by atoms with van der Waals surface area (Å²) in [6.07, 6.45) is 5.74. The number of benzene rings is 1. The molecule has 1 atom stereocenters. The molecule has 0 fully saturated rings. The quantitative estimate of drug-likeness (QED) is 0.570. The van der Waals surface area contributed by atoms with Gasteiger partial charge < -0.3 is 15.6 Å². The number of carboxylic acids is 1. The highest BCUT2D eigenvalue weighted by Gasteiger charge is 2.22. The lowest BCUT2D eigenvalue weighted by molar-refractivity contribution is -0.140. The van der Waals surface area contributed by atoms with E-state index in [1.807, 2.05) is 0 Å². The van der Waals surface area contributed by atoms with E-state index in [-0.39, 0.29) is 6.42 Å². The lowest BCUT2D eigenvalue weighted by Crippen LogP contribution is -2.20. The summed E-state index contributed by atoms with van der Waals surface area (Å²) in [6.45, 7) is 5.14. The highest BCUT2D eigenvalue weighted by Crippen LogP contribution is 2.23. The Balaban J connectivity index is 2.36. The molecule has 5 nitrogen and oxygen atoms in total. The molecule has 1 aromatic rings. The number of amides is 1. The van der Waals surface area contributed by atoms with Gasteiger partial charge in [0.15, 0.2) is 0 Å². The van der Waals surface area contributed by atoms with Crippen molar-refractivity contribution in [2.75, 3.05) is 6.61 Å². The lowest BCUT2D eigenvalue weighted by Gasteiger charge is -2.12. The van der Waals surface area contributed by atoms with Gasteiger partial charge in [0, 0.05) is 6.42 Å². The van der Waals surface area contributed by atoms with Crippen LogP contribution in [0.1, 0.15) is 63.9 Å². The Hall–Kier alpha value is -2.04. The van der Waals surface area contributed by atoms with E-state index >= 15 is 0 Å². The van der Waals surface area contributed by atoms with Gasteiger partial charge >= 0.3 is 5.97 Å². The van der Waals surface area contributed by atoms with Crippen LogP contribution in [0.3, 0.4) is 0 Å². The molecule has 0 saturated heterocycles. The molecule has 0 aliphatic heterocycles. The SMILES string of the molecule is CC(C)CCCCCCOc1ccc([C@H](CC(N)=O)C(=O)O)cc1. The summed E-state index contributed by atoms with van der Waals surface area (Å²) in [5.41, 5.74) is 5.66. The predicted octanol–water partition coefficient (Wildman–Crippen LogP) is 3.72. The van der Waals surface area contributed by atoms with Crippen LogP contribution in [0, 0.1) is 5.92 Å². The normalized spacial score (nSPS) is 12.1. The second-order valence-corrected chi connectivity index (χ2v) is 6.58. The van der Waals surface area contributed by atoms with Crippen molar-refractivity contribution in [3.05, 3.63) is 29.8 Å². The van der Waals surface area contributed by atoms with Gasteiger partial charge in [-0.05, 0) is 30.0 Å². The molecule has 0 radical (unpaired) electrons. The Morgan fingerprint density at radius 2 is 1.71 bits per heavy atom. The zero-order valence-corrected chi connectivity index (χ0v) is 14.7. The van der Waals surface area contributed by atoms with Crippen LogP contribution in [0.5, 0.6) is 5.75 Å². The number of nitrogens with two attached hydrogens (primary N) is 1. The number of carbonyl (C=O) groups is 2. The third-order valence-electron chi connectivity index (χ3n) is 3.93. The summed E-state index contributed by atoms with van der Waals surface area (Å²) in [5.74, 6) is -1.10. The molecule has 0 heterocycles. The topological polar surface area (TPSA) is 89.6 Å². The first-order chi connectivity index (χ1) is 11.4. The zero-order chi connectivity index (χ0) is 17.9. The molecule has 0 saturated carbocycles. The molecule has 1 amide bonds. The van der Waals surface area contributed by atoms with E-state index < -0.39 is 17.8 Å². The highest BCUT2D eigenvalue weighted by molar-refractivity contribution is 5.84. The molecule has 0 aliphatic carbocycles. The summed E-state index contributed by atoms with van der Waals surface area (Å²) in [7, 11) is 0. The molecule has 0 aromatic heterocycles. The van der Waals surface area contributed by atoms with Gasteiger partial charge in [-0.25, -0.2) is 0 Å². The molecular weight excluding hydrogens is 306 g/mol. The van der Waals surface area contributed by atoms with Crippen LogP contribution < -0.4 is 10.5 Å². The fraction of sp³-hybridized carbons (Fsp3) is 0.579. The molecular formula is C19H29NO4. The first kappa shape index (κ1) is 20.0. The molecule has 3 N–H and O–H groups in total. The number of carbonyl (C=O) groups excluding carboxylic acids is 1. The van der Waals surface area contributed by atoms with Gasteiger partial charge in [0.2, 0.25) is 5.91 Å². The standard InChI is InChI=1S/C19H29NO4/c1-14(2)7-5-3-4-6-12-24-16-10-8-15(9-11-16)17(19(22)23)13-18(20)21/h8-11,14,17H,3-7,12-13H2,1-2H3,(H2,20,21)(H,22,23)/t17-/m0/s1. The minimum Gasteiger partial charge on any atom is -0.494 e. The molecule has 5 heteroatoms. The Morgan fingerprint density at radius 3 is 2.25 bits per heavy atom. The van der Waals surface area contributed by atoms with E-state index in [0.717, 1.165) is 18.8 Å². The van der Waals surface area contributed by atoms with E-state index in [1.165, 1.54) is 19.3 Å². The Bertz CT molecular complexity index is 511. The molecule has 1 rings (SSSR count). The molecule has 134 valence electrons. The van der Waals surface area contributed by atoms with Gasteiger partial charge in [-0.2, -0.15) is 0 Å².